The first kappa shape index (κ1) is 15.6. The highest BCUT2D eigenvalue weighted by atomic mass is 32.1. The van der Waals surface area contributed by atoms with Gasteiger partial charge in [0.05, 0.1) is 10.6 Å². The number of anilines is 2. The summed E-state index contributed by atoms with van der Waals surface area (Å²) in [5.41, 5.74) is -1.19. The topological polar surface area (TPSA) is 60.9 Å². The second-order valence-electron chi connectivity index (χ2n) is 5.58. The molecule has 3 aromatic rings. The summed E-state index contributed by atoms with van der Waals surface area (Å²) in [5.74, 6) is -0.685. The molecule has 124 valence electrons. The van der Waals surface area contributed by atoms with Gasteiger partial charge in [0.25, 0.3) is 11.6 Å². The van der Waals surface area contributed by atoms with E-state index in [4.69, 9.17) is 0 Å². The summed E-state index contributed by atoms with van der Waals surface area (Å²) in [6.07, 6.45) is 0. The maximum atomic E-state index is 13.1. The van der Waals surface area contributed by atoms with Gasteiger partial charge in [-0.05, 0) is 35.7 Å². The normalized spacial score (nSPS) is 20.4. The average Bonchev–Trinajstić information content (AvgIpc) is 3.24. The predicted octanol–water partition coefficient (Wildman–Crippen LogP) is 3.57. The highest BCUT2D eigenvalue weighted by Crippen LogP contribution is 2.42. The molecule has 1 aliphatic heterocycles. The van der Waals surface area contributed by atoms with Crippen molar-refractivity contribution in [3.05, 3.63) is 83.1 Å². The Morgan fingerprint density at radius 2 is 1.40 bits per heavy atom. The van der Waals surface area contributed by atoms with E-state index >= 15 is 0 Å². The van der Waals surface area contributed by atoms with Gasteiger partial charge in [0.2, 0.25) is 0 Å². The van der Waals surface area contributed by atoms with E-state index in [-0.39, 0.29) is 0 Å². The van der Waals surface area contributed by atoms with Gasteiger partial charge < -0.3 is 5.11 Å². The number of benzene rings is 2. The molecule has 1 atom stereocenters. The summed E-state index contributed by atoms with van der Waals surface area (Å²) in [6, 6.07) is 20.1. The van der Waals surface area contributed by atoms with E-state index in [1.54, 1.807) is 72.1 Å². The van der Waals surface area contributed by atoms with Crippen LogP contribution in [0.25, 0.3) is 0 Å². The molecule has 1 saturated heterocycles. The van der Waals surface area contributed by atoms with Crippen LogP contribution < -0.4 is 9.80 Å². The Bertz CT molecular complexity index is 912. The highest BCUT2D eigenvalue weighted by molar-refractivity contribution is 7.10. The number of hydrogen-bond donors (Lipinski definition) is 1. The van der Waals surface area contributed by atoms with Crippen molar-refractivity contribution >= 4 is 34.6 Å². The summed E-state index contributed by atoms with van der Waals surface area (Å²) < 4.78 is 0. The van der Waals surface area contributed by atoms with Crippen LogP contribution in [0, 0.1) is 0 Å². The molecule has 1 aromatic heterocycles. The molecule has 4 rings (SSSR count). The third kappa shape index (κ3) is 2.26. The number of carbonyl (C=O) groups is 2. The van der Waals surface area contributed by atoms with E-state index in [0.29, 0.717) is 16.3 Å². The number of imide groups is 1. The molecule has 0 radical (unpaired) electrons. The molecular weight excluding hydrogens is 336 g/mol. The third-order valence-corrected chi connectivity index (χ3v) is 5.07. The fourth-order valence-electron chi connectivity index (χ4n) is 2.95. The molecular formula is C19H14N2O3S. The van der Waals surface area contributed by atoms with Crippen LogP contribution >= 0.6 is 11.3 Å². The minimum Gasteiger partial charge on any atom is -0.358 e. The second-order valence-corrected chi connectivity index (χ2v) is 6.53. The highest BCUT2D eigenvalue weighted by Gasteiger charge is 2.59. The Morgan fingerprint density at radius 1 is 0.800 bits per heavy atom. The minimum atomic E-state index is -2.07. The number of para-hydroxylation sites is 2. The van der Waals surface area contributed by atoms with Crippen LogP contribution in [-0.2, 0) is 10.5 Å². The van der Waals surface area contributed by atoms with Crippen molar-refractivity contribution in [1.29, 1.82) is 0 Å². The Kier molecular flexibility index (Phi) is 3.63. The van der Waals surface area contributed by atoms with Crippen LogP contribution in [0.1, 0.15) is 4.88 Å². The van der Waals surface area contributed by atoms with Crippen LogP contribution in [0.2, 0.25) is 0 Å². The van der Waals surface area contributed by atoms with Crippen LogP contribution in [-0.4, -0.2) is 17.0 Å². The number of rotatable bonds is 3. The van der Waals surface area contributed by atoms with Gasteiger partial charge in [-0.2, -0.15) is 0 Å². The molecule has 0 aliphatic carbocycles. The number of nitrogens with zero attached hydrogens (tertiary/aromatic N) is 2. The fraction of sp³-hybridized carbons (Fsp3) is 0.0526. The van der Waals surface area contributed by atoms with E-state index in [1.165, 1.54) is 11.3 Å². The maximum Gasteiger partial charge on any atom is 0.339 e. The lowest BCUT2D eigenvalue weighted by Gasteiger charge is -2.28. The molecule has 1 aliphatic rings. The summed E-state index contributed by atoms with van der Waals surface area (Å²) in [6.45, 7) is 0. The lowest BCUT2D eigenvalue weighted by Crippen LogP contribution is -2.46. The first-order valence-corrected chi connectivity index (χ1v) is 8.57. The summed E-state index contributed by atoms with van der Waals surface area (Å²) in [5, 5.41) is 13.1. The fourth-order valence-corrected chi connectivity index (χ4v) is 3.75. The summed E-state index contributed by atoms with van der Waals surface area (Å²) in [4.78, 5) is 28.8. The smallest absolute Gasteiger partial charge is 0.339 e. The van der Waals surface area contributed by atoms with Gasteiger partial charge in [-0.15, -0.1) is 11.3 Å². The SMILES string of the molecule is O=C1N(c2ccccc2)C(=O)C(O)(c2cccs2)N1c1ccccc1. The predicted molar refractivity (Wildman–Crippen MR) is 96.5 cm³/mol. The number of urea groups is 1. The molecule has 0 saturated carbocycles. The van der Waals surface area contributed by atoms with Crippen molar-refractivity contribution in [1.82, 2.24) is 0 Å². The molecule has 1 unspecified atom stereocenters. The molecule has 3 amide bonds. The van der Waals surface area contributed by atoms with E-state index in [0.717, 1.165) is 9.80 Å². The van der Waals surface area contributed by atoms with Crippen molar-refractivity contribution in [2.45, 2.75) is 5.72 Å². The van der Waals surface area contributed by atoms with E-state index in [9.17, 15) is 14.7 Å². The van der Waals surface area contributed by atoms with Gasteiger partial charge in [0.15, 0.2) is 0 Å². The monoisotopic (exact) mass is 350 g/mol. The van der Waals surface area contributed by atoms with Gasteiger partial charge in [-0.3, -0.25) is 9.69 Å². The molecule has 2 heterocycles. The zero-order valence-electron chi connectivity index (χ0n) is 13.1. The van der Waals surface area contributed by atoms with Crippen molar-refractivity contribution in [3.63, 3.8) is 0 Å². The lowest BCUT2D eigenvalue weighted by atomic mass is 10.1. The summed E-state index contributed by atoms with van der Waals surface area (Å²) >= 11 is 1.23. The molecule has 6 heteroatoms. The first-order chi connectivity index (χ1) is 12.1. The second kappa shape index (κ2) is 5.84. The Morgan fingerprint density at radius 3 is 1.96 bits per heavy atom. The van der Waals surface area contributed by atoms with Crippen LogP contribution in [0.5, 0.6) is 0 Å². The van der Waals surface area contributed by atoms with Gasteiger partial charge in [-0.1, -0.05) is 42.5 Å². The lowest BCUT2D eigenvalue weighted by molar-refractivity contribution is -0.133. The third-order valence-electron chi connectivity index (χ3n) is 4.10. The van der Waals surface area contributed by atoms with Crippen molar-refractivity contribution in [2.75, 3.05) is 9.80 Å². The summed E-state index contributed by atoms with van der Waals surface area (Å²) in [7, 11) is 0. The zero-order valence-corrected chi connectivity index (χ0v) is 13.9. The Balaban J connectivity index is 1.91. The van der Waals surface area contributed by atoms with Gasteiger partial charge in [0, 0.05) is 5.69 Å². The first-order valence-electron chi connectivity index (χ1n) is 7.69. The van der Waals surface area contributed by atoms with Gasteiger partial charge in [0.1, 0.15) is 0 Å². The Hall–Kier alpha value is -2.96. The van der Waals surface area contributed by atoms with Gasteiger partial charge in [-0.25, -0.2) is 9.69 Å². The van der Waals surface area contributed by atoms with Crippen molar-refractivity contribution in [2.24, 2.45) is 0 Å². The molecule has 0 bridgehead atoms. The number of hydrogen-bond acceptors (Lipinski definition) is 4. The molecule has 2 aromatic carbocycles. The number of thiophene rings is 1. The van der Waals surface area contributed by atoms with Gasteiger partial charge >= 0.3 is 6.03 Å². The van der Waals surface area contributed by atoms with Crippen LogP contribution in [0.3, 0.4) is 0 Å². The average molecular weight is 350 g/mol. The van der Waals surface area contributed by atoms with Crippen LogP contribution in [0.4, 0.5) is 16.2 Å². The quantitative estimate of drug-likeness (QED) is 0.735. The largest absolute Gasteiger partial charge is 0.358 e. The van der Waals surface area contributed by atoms with E-state index in [1.807, 2.05) is 6.07 Å². The van der Waals surface area contributed by atoms with Crippen molar-refractivity contribution in [3.8, 4) is 0 Å². The molecule has 0 spiro atoms. The molecule has 5 nitrogen and oxygen atoms in total. The molecule has 1 N–H and O–H groups in total. The number of aliphatic hydroxyl groups is 1. The van der Waals surface area contributed by atoms with Crippen molar-refractivity contribution < 1.29 is 14.7 Å². The maximum absolute atomic E-state index is 13.1. The number of amides is 3. The molecule has 1 fully saturated rings. The molecule has 25 heavy (non-hydrogen) atoms. The van der Waals surface area contributed by atoms with E-state index in [2.05, 4.69) is 0 Å². The number of carbonyl (C=O) groups excluding carboxylic acids is 2. The van der Waals surface area contributed by atoms with E-state index < -0.39 is 17.7 Å². The minimum absolute atomic E-state index is 0.396. The zero-order chi connectivity index (χ0) is 17.4. The van der Waals surface area contributed by atoms with Crippen LogP contribution in [0.15, 0.2) is 78.2 Å². The standard InChI is InChI=1S/C19H14N2O3S/c22-17-19(24,16-12-7-13-25-16)21(15-10-5-2-6-11-15)18(23)20(17)14-8-3-1-4-9-14/h1-13,24H. The Labute approximate surface area is 148 Å².